The highest BCUT2D eigenvalue weighted by atomic mass is 35.5. The van der Waals surface area contributed by atoms with E-state index in [0.29, 0.717) is 0 Å². The molecule has 1 heterocycles. The van der Waals surface area contributed by atoms with Crippen molar-refractivity contribution >= 4 is 34.8 Å². The van der Waals surface area contributed by atoms with Crippen molar-refractivity contribution in [2.45, 2.75) is 18.7 Å². The molecule has 3 N–H and O–H groups in total. The fraction of sp³-hybridized carbons (Fsp3) is 0.333. The number of aromatic nitrogens is 1. The van der Waals surface area contributed by atoms with Gasteiger partial charge >= 0.3 is 6.18 Å². The van der Waals surface area contributed by atoms with Gasteiger partial charge in [-0.2, -0.15) is 13.2 Å². The third kappa shape index (κ3) is 5.67. The van der Waals surface area contributed by atoms with Crippen LogP contribution in [0.4, 0.5) is 18.3 Å². The minimum atomic E-state index is -4.48. The maximum absolute atomic E-state index is 13.1. The minimum absolute atomic E-state index is 0. The van der Waals surface area contributed by atoms with Crippen molar-refractivity contribution < 1.29 is 22.7 Å². The highest BCUT2D eigenvalue weighted by Crippen LogP contribution is 2.37. The quantitative estimate of drug-likeness (QED) is 0.784. The Kier molecular flexibility index (Phi) is 7.81. The zero-order valence-electron chi connectivity index (χ0n) is 13.2. The molecule has 1 amide bonds. The summed E-state index contributed by atoms with van der Waals surface area (Å²) in [7, 11) is 1.44. The van der Waals surface area contributed by atoms with Crippen LogP contribution in [0.1, 0.15) is 12.0 Å². The largest absolute Gasteiger partial charge is 0.417 e. The van der Waals surface area contributed by atoms with Crippen LogP contribution in [0.25, 0.3) is 11.3 Å². The van der Waals surface area contributed by atoms with Crippen LogP contribution in [0.2, 0.25) is 0 Å². The van der Waals surface area contributed by atoms with Crippen molar-refractivity contribution in [3.63, 3.8) is 0 Å². The molecule has 0 fully saturated rings. The first-order valence-electron chi connectivity index (χ1n) is 7.00. The third-order valence-electron chi connectivity index (χ3n) is 3.27. The van der Waals surface area contributed by atoms with Crippen molar-refractivity contribution in [1.29, 1.82) is 0 Å². The van der Waals surface area contributed by atoms with E-state index in [4.69, 9.17) is 10.5 Å². The molecule has 0 spiro atoms. The Labute approximate surface area is 152 Å². The Morgan fingerprint density at radius 3 is 2.68 bits per heavy atom. The number of ether oxygens (including phenoxy) is 1. The summed E-state index contributed by atoms with van der Waals surface area (Å²) in [5.74, 6) is -0.364. The molecule has 1 aromatic carbocycles. The first-order chi connectivity index (χ1) is 11.3. The molecule has 0 saturated heterocycles. The van der Waals surface area contributed by atoms with Gasteiger partial charge in [0.05, 0.1) is 23.8 Å². The average molecular weight is 396 g/mol. The van der Waals surface area contributed by atoms with E-state index in [2.05, 4.69) is 10.3 Å². The molecule has 0 aliphatic rings. The fourth-order valence-electron chi connectivity index (χ4n) is 2.05. The number of hydrogen-bond donors (Lipinski definition) is 2. The van der Waals surface area contributed by atoms with E-state index in [1.807, 2.05) is 0 Å². The van der Waals surface area contributed by atoms with Gasteiger partial charge in [-0.25, -0.2) is 4.98 Å². The molecule has 0 radical (unpaired) electrons. The van der Waals surface area contributed by atoms with E-state index in [1.54, 1.807) is 0 Å². The standard InChI is InChI=1S/C15H16F3N3O2S.ClH/c1-23-9(7-19)6-13(22)21-14-20-12(8-24-14)10-4-2-3-5-11(10)15(16,17)18;/h2-5,8-9H,6-7,19H2,1H3,(H,20,21,22);1H. The van der Waals surface area contributed by atoms with Gasteiger partial charge in [-0.3, -0.25) is 4.79 Å². The van der Waals surface area contributed by atoms with Gasteiger partial charge in [-0.05, 0) is 6.07 Å². The van der Waals surface area contributed by atoms with E-state index in [1.165, 1.54) is 30.7 Å². The van der Waals surface area contributed by atoms with Crippen LogP contribution < -0.4 is 11.1 Å². The summed E-state index contributed by atoms with van der Waals surface area (Å²) in [4.78, 5) is 15.9. The molecule has 2 aromatic rings. The predicted molar refractivity (Wildman–Crippen MR) is 92.9 cm³/mol. The molecule has 25 heavy (non-hydrogen) atoms. The maximum Gasteiger partial charge on any atom is 0.417 e. The lowest BCUT2D eigenvalue weighted by Gasteiger charge is -2.11. The number of amides is 1. The Bertz CT molecular complexity index is 705. The molecule has 138 valence electrons. The average Bonchev–Trinajstić information content (AvgIpc) is 3.00. The molecular weight excluding hydrogens is 379 g/mol. The van der Waals surface area contributed by atoms with Gasteiger partial charge in [0, 0.05) is 24.6 Å². The number of carbonyl (C=O) groups is 1. The molecule has 0 aliphatic carbocycles. The van der Waals surface area contributed by atoms with Crippen molar-refractivity contribution in [2.75, 3.05) is 19.0 Å². The lowest BCUT2D eigenvalue weighted by atomic mass is 10.1. The monoisotopic (exact) mass is 395 g/mol. The van der Waals surface area contributed by atoms with E-state index >= 15 is 0 Å². The number of halogens is 4. The molecule has 1 atom stereocenters. The van der Waals surface area contributed by atoms with E-state index in [-0.39, 0.29) is 47.7 Å². The third-order valence-corrected chi connectivity index (χ3v) is 4.03. The number of hydrogen-bond acceptors (Lipinski definition) is 5. The summed E-state index contributed by atoms with van der Waals surface area (Å²) < 4.78 is 44.2. The molecule has 0 bridgehead atoms. The lowest BCUT2D eigenvalue weighted by molar-refractivity contribution is -0.137. The normalized spacial score (nSPS) is 12.4. The molecule has 0 saturated carbocycles. The fourth-order valence-corrected chi connectivity index (χ4v) is 2.78. The predicted octanol–water partition coefficient (Wildman–Crippen LogP) is 3.55. The highest BCUT2D eigenvalue weighted by Gasteiger charge is 2.33. The number of nitrogens with zero attached hydrogens (tertiary/aromatic N) is 1. The number of anilines is 1. The Morgan fingerprint density at radius 1 is 1.40 bits per heavy atom. The summed E-state index contributed by atoms with van der Waals surface area (Å²) in [6.45, 7) is 0.187. The molecule has 1 aromatic heterocycles. The van der Waals surface area contributed by atoms with E-state index in [0.717, 1.165) is 17.4 Å². The van der Waals surface area contributed by atoms with Crippen LogP contribution in [0.15, 0.2) is 29.6 Å². The van der Waals surface area contributed by atoms with Gasteiger partial charge in [-0.15, -0.1) is 23.7 Å². The van der Waals surface area contributed by atoms with Crippen LogP contribution in [-0.2, 0) is 15.7 Å². The van der Waals surface area contributed by atoms with Gasteiger partial charge in [0.2, 0.25) is 5.91 Å². The number of thiazole rings is 1. The van der Waals surface area contributed by atoms with Crippen LogP contribution >= 0.6 is 23.7 Å². The van der Waals surface area contributed by atoms with Gasteiger partial charge in [0.15, 0.2) is 5.13 Å². The Hall–Kier alpha value is -1.68. The van der Waals surface area contributed by atoms with Gasteiger partial charge in [0.1, 0.15) is 0 Å². The van der Waals surface area contributed by atoms with Crippen molar-refractivity contribution in [1.82, 2.24) is 4.98 Å². The van der Waals surface area contributed by atoms with Crippen LogP contribution in [0.3, 0.4) is 0 Å². The van der Waals surface area contributed by atoms with Crippen LogP contribution in [0, 0.1) is 0 Å². The molecule has 1 unspecified atom stereocenters. The number of alkyl halides is 3. The maximum atomic E-state index is 13.1. The Balaban J connectivity index is 0.00000312. The summed E-state index contributed by atoms with van der Waals surface area (Å²) in [5, 5.41) is 4.23. The number of nitrogens with two attached hydrogens (primary N) is 1. The van der Waals surface area contributed by atoms with E-state index in [9.17, 15) is 18.0 Å². The molecule has 10 heteroatoms. The molecule has 0 aliphatic heterocycles. The highest BCUT2D eigenvalue weighted by molar-refractivity contribution is 7.14. The van der Waals surface area contributed by atoms with Crippen LogP contribution in [0.5, 0.6) is 0 Å². The first-order valence-corrected chi connectivity index (χ1v) is 7.88. The number of carbonyl (C=O) groups excluding carboxylic acids is 1. The van der Waals surface area contributed by atoms with Gasteiger partial charge < -0.3 is 15.8 Å². The van der Waals surface area contributed by atoms with Gasteiger partial charge in [-0.1, -0.05) is 18.2 Å². The lowest BCUT2D eigenvalue weighted by Crippen LogP contribution is -2.28. The first kappa shape index (κ1) is 21.4. The smallest absolute Gasteiger partial charge is 0.380 e. The summed E-state index contributed by atoms with van der Waals surface area (Å²) in [5.41, 5.74) is 4.80. The summed E-state index contributed by atoms with van der Waals surface area (Å²) >= 11 is 1.05. The zero-order valence-corrected chi connectivity index (χ0v) is 14.8. The number of rotatable bonds is 6. The topological polar surface area (TPSA) is 77.2 Å². The number of nitrogens with one attached hydrogen (secondary N) is 1. The summed E-state index contributed by atoms with van der Waals surface area (Å²) in [6.07, 6.45) is -4.85. The number of methoxy groups -OCH3 is 1. The molecule has 2 rings (SSSR count). The second kappa shape index (κ2) is 9.14. The molecular formula is C15H17ClF3N3O2S. The minimum Gasteiger partial charge on any atom is -0.380 e. The Morgan fingerprint density at radius 2 is 2.08 bits per heavy atom. The molecule has 5 nitrogen and oxygen atoms in total. The van der Waals surface area contributed by atoms with E-state index < -0.39 is 17.8 Å². The van der Waals surface area contributed by atoms with Crippen LogP contribution in [-0.4, -0.2) is 30.6 Å². The zero-order chi connectivity index (χ0) is 17.7. The van der Waals surface area contributed by atoms with Crippen molar-refractivity contribution in [3.05, 3.63) is 35.2 Å². The van der Waals surface area contributed by atoms with Gasteiger partial charge in [0.25, 0.3) is 0 Å². The summed E-state index contributed by atoms with van der Waals surface area (Å²) in [6, 6.07) is 5.17. The SMILES string of the molecule is COC(CN)CC(=O)Nc1nc(-c2ccccc2C(F)(F)F)cs1.Cl. The van der Waals surface area contributed by atoms with Crippen molar-refractivity contribution in [3.8, 4) is 11.3 Å². The second-order valence-electron chi connectivity index (χ2n) is 4.93. The number of benzene rings is 1. The van der Waals surface area contributed by atoms with Crippen molar-refractivity contribution in [2.24, 2.45) is 5.73 Å². The second-order valence-corrected chi connectivity index (χ2v) is 5.79.